The van der Waals surface area contributed by atoms with Crippen molar-refractivity contribution in [2.45, 2.75) is 33.6 Å². The van der Waals surface area contributed by atoms with Gasteiger partial charge in [-0.25, -0.2) is 0 Å². The van der Waals surface area contributed by atoms with E-state index in [1.807, 2.05) is 25.7 Å². The molecule has 1 aromatic rings. The van der Waals surface area contributed by atoms with Crippen LogP contribution in [0, 0.1) is 5.41 Å². The lowest BCUT2D eigenvalue weighted by molar-refractivity contribution is -0.140. The van der Waals surface area contributed by atoms with Crippen LogP contribution < -0.4 is 0 Å². The molecular weight excluding hydrogens is 358 g/mol. The predicted molar refractivity (Wildman–Crippen MR) is 104 cm³/mol. The number of hydrogen-bond donors (Lipinski definition) is 0. The van der Waals surface area contributed by atoms with Gasteiger partial charge in [-0.3, -0.25) is 24.1 Å². The van der Waals surface area contributed by atoms with Crippen molar-refractivity contribution in [2.24, 2.45) is 5.41 Å². The number of amides is 4. The first kappa shape index (κ1) is 20.0. The van der Waals surface area contributed by atoms with E-state index in [1.54, 1.807) is 29.2 Å². The maximum absolute atomic E-state index is 12.6. The number of hydrogen-bond acceptors (Lipinski definition) is 4. The summed E-state index contributed by atoms with van der Waals surface area (Å²) in [5, 5.41) is 0. The molecule has 2 aliphatic rings. The zero-order valence-corrected chi connectivity index (χ0v) is 16.7. The van der Waals surface area contributed by atoms with Crippen molar-refractivity contribution >= 4 is 23.6 Å². The van der Waals surface area contributed by atoms with Gasteiger partial charge in [0.1, 0.15) is 0 Å². The number of rotatable bonds is 3. The third-order valence-corrected chi connectivity index (χ3v) is 5.20. The molecule has 0 saturated carbocycles. The average molecular weight is 385 g/mol. The van der Waals surface area contributed by atoms with Crippen molar-refractivity contribution in [3.8, 4) is 0 Å². The van der Waals surface area contributed by atoms with Crippen LogP contribution in [0.5, 0.6) is 0 Å². The van der Waals surface area contributed by atoms with Crippen LogP contribution in [-0.4, -0.2) is 71.1 Å². The quantitative estimate of drug-likeness (QED) is 0.743. The van der Waals surface area contributed by atoms with Crippen LogP contribution in [0.4, 0.5) is 0 Å². The Labute approximate surface area is 165 Å². The van der Waals surface area contributed by atoms with E-state index >= 15 is 0 Å². The van der Waals surface area contributed by atoms with Gasteiger partial charge in [0.2, 0.25) is 11.8 Å². The van der Waals surface area contributed by atoms with Gasteiger partial charge in [-0.1, -0.05) is 32.9 Å². The molecule has 7 nitrogen and oxygen atoms in total. The number of carbonyl (C=O) groups excluding carboxylic acids is 4. The van der Waals surface area contributed by atoms with E-state index in [2.05, 4.69) is 0 Å². The molecule has 0 aromatic heterocycles. The highest BCUT2D eigenvalue weighted by Crippen LogP contribution is 2.23. The second kappa shape index (κ2) is 7.73. The van der Waals surface area contributed by atoms with Gasteiger partial charge < -0.3 is 9.80 Å². The highest BCUT2D eigenvalue weighted by molar-refractivity contribution is 6.21. The summed E-state index contributed by atoms with van der Waals surface area (Å²) >= 11 is 0. The summed E-state index contributed by atoms with van der Waals surface area (Å²) in [6, 6.07) is 6.71. The van der Waals surface area contributed by atoms with Gasteiger partial charge in [0.15, 0.2) is 0 Å². The minimum Gasteiger partial charge on any atom is -0.341 e. The van der Waals surface area contributed by atoms with Gasteiger partial charge in [0.25, 0.3) is 11.8 Å². The van der Waals surface area contributed by atoms with Crippen LogP contribution in [0.1, 0.15) is 54.3 Å². The molecule has 0 spiro atoms. The Bertz CT molecular complexity index is 777. The number of nitrogens with zero attached hydrogens (tertiary/aromatic N) is 3. The molecule has 2 heterocycles. The van der Waals surface area contributed by atoms with Crippen molar-refractivity contribution in [1.82, 2.24) is 14.7 Å². The summed E-state index contributed by atoms with van der Waals surface area (Å²) < 4.78 is 0. The Morgan fingerprint density at radius 3 is 2.00 bits per heavy atom. The molecule has 3 rings (SSSR count). The summed E-state index contributed by atoms with van der Waals surface area (Å²) in [7, 11) is 0. The van der Waals surface area contributed by atoms with Crippen molar-refractivity contribution in [3.05, 3.63) is 35.4 Å². The van der Waals surface area contributed by atoms with Crippen molar-refractivity contribution < 1.29 is 19.2 Å². The van der Waals surface area contributed by atoms with E-state index in [9.17, 15) is 19.2 Å². The highest BCUT2D eigenvalue weighted by Gasteiger charge is 2.35. The summed E-state index contributed by atoms with van der Waals surface area (Å²) in [4.78, 5) is 54.6. The van der Waals surface area contributed by atoms with Crippen LogP contribution in [0.2, 0.25) is 0 Å². The molecule has 1 saturated heterocycles. The molecule has 4 amide bonds. The van der Waals surface area contributed by atoms with Gasteiger partial charge in [0, 0.05) is 44.6 Å². The van der Waals surface area contributed by atoms with Gasteiger partial charge >= 0.3 is 0 Å². The monoisotopic (exact) mass is 385 g/mol. The van der Waals surface area contributed by atoms with Crippen LogP contribution in [-0.2, 0) is 9.59 Å². The molecule has 7 heteroatoms. The normalized spacial score (nSPS) is 17.6. The summed E-state index contributed by atoms with van der Waals surface area (Å²) in [5.74, 6) is -0.688. The molecule has 2 aliphatic heterocycles. The van der Waals surface area contributed by atoms with Crippen molar-refractivity contribution in [2.75, 3.05) is 32.7 Å². The molecule has 0 atom stereocenters. The fourth-order valence-electron chi connectivity index (χ4n) is 3.65. The van der Waals surface area contributed by atoms with Gasteiger partial charge in [0.05, 0.1) is 11.1 Å². The summed E-state index contributed by atoms with van der Waals surface area (Å²) in [5.41, 5.74) is 0.349. The fraction of sp³-hybridized carbons (Fsp3) is 0.524. The zero-order chi connectivity index (χ0) is 20.5. The van der Waals surface area contributed by atoms with E-state index in [0.29, 0.717) is 37.3 Å². The van der Waals surface area contributed by atoms with E-state index in [1.165, 1.54) is 0 Å². The molecule has 1 aromatic carbocycles. The van der Waals surface area contributed by atoms with Gasteiger partial charge in [-0.05, 0) is 18.6 Å². The Hall–Kier alpha value is -2.70. The highest BCUT2D eigenvalue weighted by atomic mass is 16.2. The van der Waals surface area contributed by atoms with E-state index in [-0.39, 0.29) is 36.6 Å². The largest absolute Gasteiger partial charge is 0.341 e. The van der Waals surface area contributed by atoms with Crippen LogP contribution >= 0.6 is 0 Å². The summed E-state index contributed by atoms with van der Waals surface area (Å²) in [6.45, 7) is 7.96. The number of imide groups is 1. The van der Waals surface area contributed by atoms with E-state index < -0.39 is 5.41 Å². The minimum absolute atomic E-state index is 0.0757. The molecule has 0 bridgehead atoms. The second-order valence-corrected chi connectivity index (χ2v) is 8.33. The van der Waals surface area contributed by atoms with Gasteiger partial charge in [-0.15, -0.1) is 0 Å². The average Bonchev–Trinajstić information content (AvgIpc) is 2.83. The smallest absolute Gasteiger partial charge is 0.261 e. The molecule has 0 radical (unpaired) electrons. The minimum atomic E-state index is -0.440. The lowest BCUT2D eigenvalue weighted by Crippen LogP contribution is -2.42. The first-order valence-corrected chi connectivity index (χ1v) is 9.72. The second-order valence-electron chi connectivity index (χ2n) is 8.33. The molecule has 0 unspecified atom stereocenters. The van der Waals surface area contributed by atoms with Crippen LogP contribution in [0.25, 0.3) is 0 Å². The Morgan fingerprint density at radius 2 is 1.43 bits per heavy atom. The first-order chi connectivity index (χ1) is 13.2. The molecule has 0 aliphatic carbocycles. The van der Waals surface area contributed by atoms with Crippen molar-refractivity contribution in [3.63, 3.8) is 0 Å². The maximum atomic E-state index is 12.6. The van der Waals surface area contributed by atoms with Crippen LogP contribution in [0.15, 0.2) is 24.3 Å². The Kier molecular flexibility index (Phi) is 5.54. The standard InChI is InChI=1S/C21H27N3O4/c1-21(2,3)20(28)23-11-6-10-22(13-14-23)17(25)9-12-24-18(26)15-7-4-5-8-16(15)19(24)27/h4-5,7-8H,6,9-14H2,1-3H3. The lowest BCUT2D eigenvalue weighted by Gasteiger charge is -2.28. The fourth-order valence-corrected chi connectivity index (χ4v) is 3.65. The summed E-state index contributed by atoms with van der Waals surface area (Å²) in [6.07, 6.45) is 0.819. The molecule has 1 fully saturated rings. The third kappa shape index (κ3) is 3.93. The Morgan fingerprint density at radius 1 is 0.893 bits per heavy atom. The lowest BCUT2D eigenvalue weighted by atomic mass is 9.94. The molecule has 150 valence electrons. The van der Waals surface area contributed by atoms with Crippen LogP contribution in [0.3, 0.4) is 0 Å². The predicted octanol–water partition coefficient (Wildman–Crippen LogP) is 1.78. The van der Waals surface area contributed by atoms with E-state index in [0.717, 1.165) is 11.3 Å². The molecular formula is C21H27N3O4. The third-order valence-electron chi connectivity index (χ3n) is 5.20. The molecule has 28 heavy (non-hydrogen) atoms. The number of fused-ring (bicyclic) bond motifs is 1. The number of carbonyl (C=O) groups is 4. The number of benzene rings is 1. The zero-order valence-electron chi connectivity index (χ0n) is 16.7. The Balaban J connectivity index is 1.56. The molecule has 0 N–H and O–H groups in total. The topological polar surface area (TPSA) is 78.0 Å². The maximum Gasteiger partial charge on any atom is 0.261 e. The van der Waals surface area contributed by atoms with E-state index in [4.69, 9.17) is 0 Å². The van der Waals surface area contributed by atoms with Crippen molar-refractivity contribution in [1.29, 1.82) is 0 Å². The van der Waals surface area contributed by atoms with Gasteiger partial charge in [-0.2, -0.15) is 0 Å². The SMILES string of the molecule is CC(C)(C)C(=O)N1CCCN(C(=O)CCN2C(=O)c3ccccc3C2=O)CC1. The first-order valence-electron chi connectivity index (χ1n) is 9.72.